The molecule has 1 N–H and O–H groups in total. The molecule has 1 unspecified atom stereocenters. The third-order valence-electron chi connectivity index (χ3n) is 5.22. The number of para-hydroxylation sites is 1. The minimum absolute atomic E-state index is 0.308. The Morgan fingerprint density at radius 2 is 1.97 bits per heavy atom. The predicted molar refractivity (Wildman–Crippen MR) is 120 cm³/mol. The second kappa shape index (κ2) is 8.32. The van der Waals surface area contributed by atoms with Crippen LogP contribution in [0.4, 0.5) is 4.39 Å². The smallest absolute Gasteiger partial charge is 0.284 e. The molecule has 5 rings (SSSR count). The average Bonchev–Trinajstić information content (AvgIpc) is 3.50. The number of aromatic hydroxyl groups is 1. The summed E-state index contributed by atoms with van der Waals surface area (Å²) in [6.07, 6.45) is 5.35. The monoisotopic (exact) mass is 444 g/mol. The van der Waals surface area contributed by atoms with Crippen LogP contribution in [0.25, 0.3) is 10.6 Å². The molecular formula is C24H17FN4O2S. The Balaban J connectivity index is 1.53. The van der Waals surface area contributed by atoms with Crippen molar-refractivity contribution in [2.75, 3.05) is 0 Å². The number of phenolic OH excluding ortho intramolecular Hbond substituents is 1. The molecule has 0 bridgehead atoms. The van der Waals surface area contributed by atoms with Gasteiger partial charge in [0, 0.05) is 36.1 Å². The van der Waals surface area contributed by atoms with Gasteiger partial charge in [-0.05, 0) is 36.4 Å². The number of nitrogens with zero attached hydrogens (tertiary/aromatic N) is 4. The molecule has 1 amide bonds. The number of thiophene rings is 1. The summed E-state index contributed by atoms with van der Waals surface area (Å²) >= 11 is 1.31. The first kappa shape index (κ1) is 20.0. The van der Waals surface area contributed by atoms with Crippen molar-refractivity contribution in [3.8, 4) is 16.3 Å². The van der Waals surface area contributed by atoms with Crippen molar-refractivity contribution in [3.05, 3.63) is 101 Å². The molecule has 6 nitrogen and oxygen atoms in total. The van der Waals surface area contributed by atoms with Crippen molar-refractivity contribution in [1.29, 1.82) is 0 Å². The minimum Gasteiger partial charge on any atom is -0.505 e. The fourth-order valence-electron chi connectivity index (χ4n) is 3.66. The molecule has 4 heterocycles. The van der Waals surface area contributed by atoms with Crippen LogP contribution in [0.5, 0.6) is 5.75 Å². The highest BCUT2D eigenvalue weighted by atomic mass is 32.1. The first-order chi connectivity index (χ1) is 15.6. The van der Waals surface area contributed by atoms with Crippen LogP contribution < -0.4 is 0 Å². The van der Waals surface area contributed by atoms with Crippen LogP contribution in [0.3, 0.4) is 0 Å². The molecule has 0 aliphatic carbocycles. The van der Waals surface area contributed by atoms with E-state index in [4.69, 9.17) is 0 Å². The van der Waals surface area contributed by atoms with Gasteiger partial charge in [0.05, 0.1) is 27.2 Å². The van der Waals surface area contributed by atoms with Crippen molar-refractivity contribution >= 4 is 23.0 Å². The SMILES string of the molecule is O=C(c1ccc(-c2ccccn2)s1)N1N=C(c2cccnc2)CC1c1cccc(F)c1O. The van der Waals surface area contributed by atoms with Crippen molar-refractivity contribution in [1.82, 2.24) is 15.0 Å². The van der Waals surface area contributed by atoms with Gasteiger partial charge < -0.3 is 5.11 Å². The molecular weight excluding hydrogens is 427 g/mol. The van der Waals surface area contributed by atoms with Gasteiger partial charge in [-0.3, -0.25) is 14.8 Å². The maximum atomic E-state index is 14.1. The van der Waals surface area contributed by atoms with E-state index in [2.05, 4.69) is 15.1 Å². The number of carbonyl (C=O) groups excluding carboxylic acids is 1. The lowest BCUT2D eigenvalue weighted by atomic mass is 9.98. The van der Waals surface area contributed by atoms with Gasteiger partial charge in [-0.2, -0.15) is 5.10 Å². The number of rotatable bonds is 4. The number of hydrogen-bond donors (Lipinski definition) is 1. The zero-order valence-electron chi connectivity index (χ0n) is 16.7. The fraction of sp³-hybridized carbons (Fsp3) is 0.0833. The summed E-state index contributed by atoms with van der Waals surface area (Å²) < 4.78 is 14.1. The first-order valence-electron chi connectivity index (χ1n) is 9.92. The molecule has 158 valence electrons. The largest absolute Gasteiger partial charge is 0.505 e. The third kappa shape index (κ3) is 3.65. The van der Waals surface area contributed by atoms with Crippen molar-refractivity contribution in [2.45, 2.75) is 12.5 Å². The summed E-state index contributed by atoms with van der Waals surface area (Å²) in [5, 5.41) is 16.2. The minimum atomic E-state index is -0.738. The Morgan fingerprint density at radius 1 is 1.06 bits per heavy atom. The number of phenols is 1. The van der Waals surface area contributed by atoms with Gasteiger partial charge in [-0.25, -0.2) is 9.40 Å². The van der Waals surface area contributed by atoms with Crippen LogP contribution in [-0.4, -0.2) is 31.7 Å². The van der Waals surface area contributed by atoms with Crippen molar-refractivity contribution in [2.24, 2.45) is 5.10 Å². The second-order valence-electron chi connectivity index (χ2n) is 7.21. The quantitative estimate of drug-likeness (QED) is 0.478. The number of hydrogen-bond acceptors (Lipinski definition) is 6. The number of pyridine rings is 2. The van der Waals surface area contributed by atoms with Gasteiger partial charge in [0.1, 0.15) is 0 Å². The van der Waals surface area contributed by atoms with Gasteiger partial charge in [0.25, 0.3) is 5.91 Å². The lowest BCUT2D eigenvalue weighted by molar-refractivity contribution is 0.0714. The zero-order valence-corrected chi connectivity index (χ0v) is 17.5. The Kier molecular flexibility index (Phi) is 5.20. The molecule has 0 saturated carbocycles. The summed E-state index contributed by atoms with van der Waals surface area (Å²) in [5.74, 6) is -1.54. The molecule has 0 fully saturated rings. The number of carbonyl (C=O) groups is 1. The van der Waals surface area contributed by atoms with Crippen LogP contribution in [0.2, 0.25) is 0 Å². The van der Waals surface area contributed by atoms with Crippen LogP contribution in [-0.2, 0) is 0 Å². The van der Waals surface area contributed by atoms with E-state index in [1.54, 1.807) is 36.8 Å². The van der Waals surface area contributed by atoms with E-state index in [-0.39, 0.29) is 5.91 Å². The summed E-state index contributed by atoms with van der Waals surface area (Å²) in [6, 6.07) is 16.5. The molecule has 0 spiro atoms. The van der Waals surface area contributed by atoms with E-state index in [1.807, 2.05) is 30.3 Å². The van der Waals surface area contributed by atoms with Crippen LogP contribution in [0, 0.1) is 5.82 Å². The van der Waals surface area contributed by atoms with E-state index >= 15 is 0 Å². The molecule has 3 aromatic heterocycles. The maximum Gasteiger partial charge on any atom is 0.284 e. The van der Waals surface area contributed by atoms with E-state index in [0.29, 0.717) is 22.6 Å². The van der Waals surface area contributed by atoms with Crippen LogP contribution in [0.1, 0.15) is 33.3 Å². The highest BCUT2D eigenvalue weighted by Gasteiger charge is 2.36. The first-order valence-corrected chi connectivity index (χ1v) is 10.7. The van der Waals surface area contributed by atoms with E-state index < -0.39 is 17.6 Å². The summed E-state index contributed by atoms with van der Waals surface area (Å²) in [5.41, 5.74) is 2.49. The number of benzene rings is 1. The lowest BCUT2D eigenvalue weighted by Gasteiger charge is -2.22. The van der Waals surface area contributed by atoms with Gasteiger partial charge >= 0.3 is 0 Å². The van der Waals surface area contributed by atoms with Crippen molar-refractivity contribution < 1.29 is 14.3 Å². The van der Waals surface area contributed by atoms with Gasteiger partial charge in [0.15, 0.2) is 11.6 Å². The zero-order chi connectivity index (χ0) is 22.1. The maximum absolute atomic E-state index is 14.1. The van der Waals surface area contributed by atoms with Crippen LogP contribution >= 0.6 is 11.3 Å². The summed E-state index contributed by atoms with van der Waals surface area (Å²) in [7, 11) is 0. The molecule has 1 aliphatic heterocycles. The van der Waals surface area contributed by atoms with Gasteiger partial charge in [0.2, 0.25) is 0 Å². The lowest BCUT2D eigenvalue weighted by Crippen LogP contribution is -2.26. The van der Waals surface area contributed by atoms with E-state index in [1.165, 1.54) is 28.5 Å². The Hall–Kier alpha value is -3.91. The Bertz CT molecular complexity index is 1310. The van der Waals surface area contributed by atoms with E-state index in [0.717, 1.165) is 16.1 Å². The second-order valence-corrected chi connectivity index (χ2v) is 8.30. The molecule has 32 heavy (non-hydrogen) atoms. The summed E-state index contributed by atoms with van der Waals surface area (Å²) in [6.45, 7) is 0. The topological polar surface area (TPSA) is 78.7 Å². The Labute approximate surface area is 187 Å². The average molecular weight is 444 g/mol. The molecule has 0 radical (unpaired) electrons. The number of aromatic nitrogens is 2. The van der Waals surface area contributed by atoms with Gasteiger partial charge in [-0.1, -0.05) is 24.3 Å². The van der Waals surface area contributed by atoms with E-state index in [9.17, 15) is 14.3 Å². The highest BCUT2D eigenvalue weighted by molar-refractivity contribution is 7.17. The summed E-state index contributed by atoms with van der Waals surface area (Å²) in [4.78, 5) is 23.3. The number of hydrazone groups is 1. The highest BCUT2D eigenvalue weighted by Crippen LogP contribution is 2.39. The molecule has 1 aliphatic rings. The molecule has 0 saturated heterocycles. The van der Waals surface area contributed by atoms with Crippen molar-refractivity contribution in [3.63, 3.8) is 0 Å². The Morgan fingerprint density at radius 3 is 2.75 bits per heavy atom. The van der Waals surface area contributed by atoms with Gasteiger partial charge in [-0.15, -0.1) is 11.3 Å². The molecule has 4 aromatic rings. The molecule has 1 aromatic carbocycles. The normalized spacial score (nSPS) is 15.6. The number of halogens is 1. The molecule has 1 atom stereocenters. The molecule has 8 heteroatoms. The predicted octanol–water partition coefficient (Wildman–Crippen LogP) is 5.04. The third-order valence-corrected chi connectivity index (χ3v) is 6.32. The number of amides is 1. The van der Waals surface area contributed by atoms with Crippen LogP contribution in [0.15, 0.2) is 84.4 Å². The standard InChI is InChI=1S/C24H17FN4O2S/c25-17-7-3-6-16(23(17)30)20-13-19(15-5-4-11-26-14-15)28-29(20)24(31)22-10-9-21(32-22)18-8-1-2-12-27-18/h1-12,14,20,30H,13H2. The fourth-order valence-corrected chi connectivity index (χ4v) is 4.58.